The summed E-state index contributed by atoms with van der Waals surface area (Å²) in [6.45, 7) is 4.11. The molecule has 17 heavy (non-hydrogen) atoms. The zero-order valence-corrected chi connectivity index (χ0v) is 10.6. The second kappa shape index (κ2) is 7.07. The van der Waals surface area contributed by atoms with Crippen molar-refractivity contribution in [2.45, 2.75) is 32.7 Å². The van der Waals surface area contributed by atoms with E-state index in [2.05, 4.69) is 12.1 Å². The number of esters is 1. The summed E-state index contributed by atoms with van der Waals surface area (Å²) in [6, 6.07) is 10.1. The van der Waals surface area contributed by atoms with Crippen LogP contribution in [0.25, 0.3) is 0 Å². The number of hydrogen-bond acceptors (Lipinski definition) is 3. The van der Waals surface area contributed by atoms with Gasteiger partial charge in [0.2, 0.25) is 0 Å². The van der Waals surface area contributed by atoms with Gasteiger partial charge in [0.05, 0.1) is 12.5 Å². The van der Waals surface area contributed by atoms with Crippen molar-refractivity contribution in [3.63, 3.8) is 0 Å². The highest BCUT2D eigenvalue weighted by Crippen LogP contribution is 2.11. The van der Waals surface area contributed by atoms with Crippen molar-refractivity contribution < 1.29 is 9.53 Å². The van der Waals surface area contributed by atoms with E-state index in [1.165, 1.54) is 5.56 Å². The Labute approximate surface area is 103 Å². The average Bonchev–Trinajstić information content (AvgIpc) is 2.30. The lowest BCUT2D eigenvalue weighted by atomic mass is 9.97. The summed E-state index contributed by atoms with van der Waals surface area (Å²) in [4.78, 5) is 11.5. The van der Waals surface area contributed by atoms with Crippen LogP contribution >= 0.6 is 0 Å². The average molecular weight is 235 g/mol. The van der Waals surface area contributed by atoms with E-state index in [4.69, 9.17) is 10.5 Å². The Hall–Kier alpha value is -1.35. The predicted octanol–water partition coefficient (Wildman–Crippen LogP) is 2.15. The summed E-state index contributed by atoms with van der Waals surface area (Å²) >= 11 is 0. The zero-order valence-electron chi connectivity index (χ0n) is 10.6. The summed E-state index contributed by atoms with van der Waals surface area (Å²) in [5.74, 6) is -0.287. The van der Waals surface area contributed by atoms with E-state index in [9.17, 15) is 4.79 Å². The minimum Gasteiger partial charge on any atom is -0.466 e. The van der Waals surface area contributed by atoms with Crippen molar-refractivity contribution in [2.75, 3.05) is 6.61 Å². The molecule has 0 aromatic heterocycles. The fourth-order valence-corrected chi connectivity index (χ4v) is 1.84. The summed E-state index contributed by atoms with van der Waals surface area (Å²) in [5.41, 5.74) is 7.24. The molecule has 1 aromatic rings. The van der Waals surface area contributed by atoms with Crippen molar-refractivity contribution >= 4 is 5.97 Å². The highest BCUT2D eigenvalue weighted by atomic mass is 16.5. The van der Waals surface area contributed by atoms with Gasteiger partial charge in [-0.3, -0.25) is 4.79 Å². The van der Waals surface area contributed by atoms with Crippen molar-refractivity contribution in [2.24, 2.45) is 11.7 Å². The lowest BCUT2D eigenvalue weighted by Crippen LogP contribution is -2.28. The number of ether oxygens (including phenoxy) is 1. The molecule has 3 heteroatoms. The molecule has 0 aliphatic rings. The van der Waals surface area contributed by atoms with Crippen LogP contribution < -0.4 is 5.73 Å². The molecule has 0 heterocycles. The maximum absolute atomic E-state index is 11.5. The first-order valence-corrected chi connectivity index (χ1v) is 6.09. The Kier molecular flexibility index (Phi) is 5.70. The van der Waals surface area contributed by atoms with E-state index in [-0.39, 0.29) is 17.9 Å². The Bertz CT molecular complexity index is 337. The van der Waals surface area contributed by atoms with E-state index >= 15 is 0 Å². The highest BCUT2D eigenvalue weighted by Gasteiger charge is 2.17. The highest BCUT2D eigenvalue weighted by molar-refractivity contribution is 5.71. The van der Waals surface area contributed by atoms with Gasteiger partial charge in [0.25, 0.3) is 0 Å². The smallest absolute Gasteiger partial charge is 0.308 e. The molecular weight excluding hydrogens is 214 g/mol. The molecule has 0 radical (unpaired) electrons. The minimum atomic E-state index is -0.156. The van der Waals surface area contributed by atoms with E-state index in [1.54, 1.807) is 0 Å². The molecule has 1 aromatic carbocycles. The van der Waals surface area contributed by atoms with Gasteiger partial charge < -0.3 is 10.5 Å². The Morgan fingerprint density at radius 1 is 1.35 bits per heavy atom. The summed E-state index contributed by atoms with van der Waals surface area (Å²) in [5, 5.41) is 0. The monoisotopic (exact) mass is 235 g/mol. The molecule has 0 aliphatic heterocycles. The molecule has 3 nitrogen and oxygen atoms in total. The second-order valence-corrected chi connectivity index (χ2v) is 4.34. The van der Waals surface area contributed by atoms with Crippen LogP contribution in [0, 0.1) is 5.92 Å². The SMILES string of the molecule is CCOC(=O)[C@@H](C)C[C@@H](N)Cc1ccccc1. The maximum atomic E-state index is 11.5. The standard InChI is InChI=1S/C14H21NO2/c1-3-17-14(16)11(2)9-13(15)10-12-7-5-4-6-8-12/h4-8,11,13H,3,9-10,15H2,1-2H3/t11-,13+/m0/s1. The van der Waals surface area contributed by atoms with Gasteiger partial charge in [0.15, 0.2) is 0 Å². The van der Waals surface area contributed by atoms with Crippen LogP contribution in [0.1, 0.15) is 25.8 Å². The first-order chi connectivity index (χ1) is 8.13. The molecule has 0 bridgehead atoms. The molecule has 0 saturated heterocycles. The lowest BCUT2D eigenvalue weighted by molar-refractivity contribution is -0.147. The Morgan fingerprint density at radius 2 is 2.00 bits per heavy atom. The largest absolute Gasteiger partial charge is 0.466 e. The Morgan fingerprint density at radius 3 is 2.59 bits per heavy atom. The fourth-order valence-electron chi connectivity index (χ4n) is 1.84. The van der Waals surface area contributed by atoms with Gasteiger partial charge in [0.1, 0.15) is 0 Å². The summed E-state index contributed by atoms with van der Waals surface area (Å²) < 4.78 is 4.96. The van der Waals surface area contributed by atoms with E-state index < -0.39 is 0 Å². The third-order valence-electron chi connectivity index (χ3n) is 2.69. The molecule has 0 fully saturated rings. The number of carbonyl (C=O) groups excluding carboxylic acids is 1. The molecule has 0 unspecified atom stereocenters. The van der Waals surface area contributed by atoms with Crippen molar-refractivity contribution in [1.29, 1.82) is 0 Å². The number of nitrogens with two attached hydrogens (primary N) is 1. The normalized spacial score (nSPS) is 14.1. The first kappa shape index (κ1) is 13.7. The van der Waals surface area contributed by atoms with Crippen LogP contribution in [0.5, 0.6) is 0 Å². The number of rotatable bonds is 6. The Balaban J connectivity index is 2.39. The predicted molar refractivity (Wildman–Crippen MR) is 68.5 cm³/mol. The molecule has 0 spiro atoms. The van der Waals surface area contributed by atoms with Gasteiger partial charge in [-0.05, 0) is 25.3 Å². The van der Waals surface area contributed by atoms with Gasteiger partial charge in [-0.25, -0.2) is 0 Å². The van der Waals surface area contributed by atoms with Crippen LogP contribution in [0.4, 0.5) is 0 Å². The summed E-state index contributed by atoms with van der Waals surface area (Å²) in [7, 11) is 0. The van der Waals surface area contributed by atoms with Gasteiger partial charge in [-0.15, -0.1) is 0 Å². The van der Waals surface area contributed by atoms with E-state index in [1.807, 2.05) is 32.0 Å². The molecule has 2 N–H and O–H groups in total. The zero-order chi connectivity index (χ0) is 12.7. The molecular formula is C14H21NO2. The van der Waals surface area contributed by atoms with Gasteiger partial charge in [-0.1, -0.05) is 37.3 Å². The lowest BCUT2D eigenvalue weighted by Gasteiger charge is -2.16. The van der Waals surface area contributed by atoms with Crippen LogP contribution in [-0.2, 0) is 16.0 Å². The number of carbonyl (C=O) groups is 1. The molecule has 1 rings (SSSR count). The number of hydrogen-bond donors (Lipinski definition) is 1. The quantitative estimate of drug-likeness (QED) is 0.769. The second-order valence-electron chi connectivity index (χ2n) is 4.34. The summed E-state index contributed by atoms with van der Waals surface area (Å²) in [6.07, 6.45) is 1.46. The maximum Gasteiger partial charge on any atom is 0.308 e. The van der Waals surface area contributed by atoms with Crippen molar-refractivity contribution in [3.8, 4) is 0 Å². The minimum absolute atomic E-state index is 0.00296. The first-order valence-electron chi connectivity index (χ1n) is 6.09. The molecule has 0 saturated carbocycles. The van der Waals surface area contributed by atoms with Crippen LogP contribution in [-0.4, -0.2) is 18.6 Å². The fraction of sp³-hybridized carbons (Fsp3) is 0.500. The molecule has 94 valence electrons. The van der Waals surface area contributed by atoms with E-state index in [0.717, 1.165) is 6.42 Å². The number of benzene rings is 1. The third-order valence-corrected chi connectivity index (χ3v) is 2.69. The van der Waals surface area contributed by atoms with Gasteiger partial charge in [-0.2, -0.15) is 0 Å². The van der Waals surface area contributed by atoms with Gasteiger partial charge >= 0.3 is 5.97 Å². The molecule has 0 aliphatic carbocycles. The van der Waals surface area contributed by atoms with Gasteiger partial charge in [0, 0.05) is 6.04 Å². The van der Waals surface area contributed by atoms with Crippen LogP contribution in [0.3, 0.4) is 0 Å². The molecule has 0 amide bonds. The molecule has 2 atom stereocenters. The topological polar surface area (TPSA) is 52.3 Å². The van der Waals surface area contributed by atoms with Crippen molar-refractivity contribution in [1.82, 2.24) is 0 Å². The van der Waals surface area contributed by atoms with Crippen LogP contribution in [0.2, 0.25) is 0 Å². The third kappa shape index (κ3) is 5.00. The van der Waals surface area contributed by atoms with Crippen molar-refractivity contribution in [3.05, 3.63) is 35.9 Å². The van der Waals surface area contributed by atoms with E-state index in [0.29, 0.717) is 13.0 Å². The van der Waals surface area contributed by atoms with Crippen LogP contribution in [0.15, 0.2) is 30.3 Å².